The molecule has 2 aromatic rings. The molecule has 134 valence electrons. The van der Waals surface area contributed by atoms with E-state index in [1.54, 1.807) is 6.07 Å². The number of nitrogens with zero attached hydrogens (tertiary/aromatic N) is 3. The van der Waals surface area contributed by atoms with Crippen molar-refractivity contribution in [3.8, 4) is 11.8 Å². The van der Waals surface area contributed by atoms with E-state index < -0.39 is 0 Å². The van der Waals surface area contributed by atoms with Gasteiger partial charge in [0.25, 0.3) is 5.95 Å². The second kappa shape index (κ2) is 8.86. The molecule has 0 radical (unpaired) electrons. The van der Waals surface area contributed by atoms with Crippen LogP contribution in [0.15, 0.2) is 29.3 Å². The summed E-state index contributed by atoms with van der Waals surface area (Å²) in [4.78, 5) is 12.4. The molecule has 0 fully saturated rings. The lowest BCUT2D eigenvalue weighted by Crippen LogP contribution is -2.22. The van der Waals surface area contributed by atoms with E-state index in [2.05, 4.69) is 39.3 Å². The summed E-state index contributed by atoms with van der Waals surface area (Å²) in [5, 5.41) is 3.08. The highest BCUT2D eigenvalue weighted by molar-refractivity contribution is 5.94. The number of anilines is 1. The lowest BCUT2D eigenvalue weighted by molar-refractivity contribution is 0.372. The highest BCUT2D eigenvalue weighted by atomic mass is 16.5. The summed E-state index contributed by atoms with van der Waals surface area (Å²) in [5.74, 6) is 1.07. The lowest BCUT2D eigenvalue weighted by atomic mass is 10.0. The number of benzene rings is 1. The number of methoxy groups -OCH3 is 2. The van der Waals surface area contributed by atoms with Crippen LogP contribution in [0.1, 0.15) is 30.9 Å². The number of nitrogens with two attached hydrogens (primary N) is 1. The Labute approximate surface area is 148 Å². The van der Waals surface area contributed by atoms with E-state index in [4.69, 9.17) is 15.2 Å². The largest absolute Gasteiger partial charge is 0.481 e. The number of aromatic nitrogens is 2. The van der Waals surface area contributed by atoms with Crippen LogP contribution in [-0.4, -0.2) is 30.1 Å². The number of ether oxygens (including phenoxy) is 2. The molecule has 0 aliphatic heterocycles. The maximum atomic E-state index is 5.99. The van der Waals surface area contributed by atoms with Crippen molar-refractivity contribution in [1.82, 2.24) is 9.97 Å². The quantitative estimate of drug-likeness (QED) is 0.592. The predicted molar refractivity (Wildman–Crippen MR) is 99.8 cm³/mol. The average Bonchev–Trinajstić information content (AvgIpc) is 2.61. The van der Waals surface area contributed by atoms with Crippen LogP contribution in [0.5, 0.6) is 11.8 Å². The van der Waals surface area contributed by atoms with Gasteiger partial charge in [0.15, 0.2) is 0 Å². The van der Waals surface area contributed by atoms with Crippen LogP contribution in [-0.2, 0) is 6.42 Å². The van der Waals surface area contributed by atoms with Gasteiger partial charge < -0.3 is 20.5 Å². The van der Waals surface area contributed by atoms with Gasteiger partial charge in [-0.1, -0.05) is 25.5 Å². The van der Waals surface area contributed by atoms with E-state index in [1.165, 1.54) is 32.6 Å². The minimum atomic E-state index is 0.165. The Morgan fingerprint density at radius 3 is 2.40 bits per heavy atom. The van der Waals surface area contributed by atoms with Gasteiger partial charge in [-0.2, -0.15) is 15.0 Å². The maximum Gasteiger partial charge on any atom is 0.259 e. The molecule has 3 N–H and O–H groups in total. The van der Waals surface area contributed by atoms with Gasteiger partial charge in [-0.15, -0.1) is 0 Å². The summed E-state index contributed by atoms with van der Waals surface area (Å²) >= 11 is 0. The molecule has 7 nitrogen and oxygen atoms in total. The zero-order chi connectivity index (χ0) is 18.2. The van der Waals surface area contributed by atoms with E-state index in [-0.39, 0.29) is 11.9 Å². The molecule has 0 saturated carbocycles. The van der Waals surface area contributed by atoms with Crippen LogP contribution >= 0.6 is 0 Å². The Balaban J connectivity index is 2.16. The Kier molecular flexibility index (Phi) is 6.56. The SMILES string of the molecule is CCCCc1ccc(N/C(N)=N/c2nc(OC)cc(OC)n2)c(C)c1. The first-order valence-corrected chi connectivity index (χ1v) is 8.23. The van der Waals surface area contributed by atoms with Crippen LogP contribution in [0.2, 0.25) is 0 Å². The molecule has 0 atom stereocenters. The fourth-order valence-electron chi connectivity index (χ4n) is 2.33. The Bertz CT molecular complexity index is 724. The van der Waals surface area contributed by atoms with Gasteiger partial charge in [-0.05, 0) is 37.0 Å². The first-order valence-electron chi connectivity index (χ1n) is 8.23. The van der Waals surface area contributed by atoms with Gasteiger partial charge in [0.2, 0.25) is 17.7 Å². The van der Waals surface area contributed by atoms with E-state index in [1.807, 2.05) is 13.0 Å². The van der Waals surface area contributed by atoms with Crippen LogP contribution in [0.25, 0.3) is 0 Å². The summed E-state index contributed by atoms with van der Waals surface area (Å²) < 4.78 is 10.2. The highest BCUT2D eigenvalue weighted by Gasteiger charge is 2.06. The minimum absolute atomic E-state index is 0.165. The van der Waals surface area contributed by atoms with Gasteiger partial charge in [0.1, 0.15) is 0 Å². The second-order valence-corrected chi connectivity index (χ2v) is 5.63. The maximum absolute atomic E-state index is 5.99. The molecule has 0 aliphatic rings. The number of nitrogens with one attached hydrogen (secondary N) is 1. The molecule has 0 spiro atoms. The van der Waals surface area contributed by atoms with Gasteiger partial charge in [0, 0.05) is 5.69 Å². The average molecular weight is 343 g/mol. The molecule has 1 aromatic carbocycles. The number of unbranched alkanes of at least 4 members (excludes halogenated alkanes) is 1. The van der Waals surface area contributed by atoms with Gasteiger partial charge in [0.05, 0.1) is 20.3 Å². The van der Waals surface area contributed by atoms with E-state index in [9.17, 15) is 0 Å². The Hall–Kier alpha value is -2.83. The lowest BCUT2D eigenvalue weighted by Gasteiger charge is -2.11. The Morgan fingerprint density at radius 2 is 1.84 bits per heavy atom. The van der Waals surface area contributed by atoms with Crippen molar-refractivity contribution in [1.29, 1.82) is 0 Å². The number of aryl methyl sites for hydroxylation is 2. The van der Waals surface area contributed by atoms with Crippen LogP contribution in [0.3, 0.4) is 0 Å². The van der Waals surface area contributed by atoms with Crippen molar-refractivity contribution in [3.05, 3.63) is 35.4 Å². The zero-order valence-corrected chi connectivity index (χ0v) is 15.2. The van der Waals surface area contributed by atoms with Crippen molar-refractivity contribution >= 4 is 17.6 Å². The summed E-state index contributed by atoms with van der Waals surface area (Å²) in [7, 11) is 3.03. The van der Waals surface area contributed by atoms with Crippen molar-refractivity contribution in [2.75, 3.05) is 19.5 Å². The van der Waals surface area contributed by atoms with E-state index in [0.29, 0.717) is 11.8 Å². The smallest absolute Gasteiger partial charge is 0.259 e. The fourth-order valence-corrected chi connectivity index (χ4v) is 2.33. The normalized spacial score (nSPS) is 11.3. The first kappa shape index (κ1) is 18.5. The molecule has 0 amide bonds. The van der Waals surface area contributed by atoms with E-state index in [0.717, 1.165) is 17.7 Å². The summed E-state index contributed by atoms with van der Waals surface area (Å²) in [6, 6.07) is 7.84. The molecule has 0 unspecified atom stereocenters. The van der Waals surface area contributed by atoms with Crippen molar-refractivity contribution < 1.29 is 9.47 Å². The summed E-state index contributed by atoms with van der Waals surface area (Å²) in [5.41, 5.74) is 9.31. The monoisotopic (exact) mass is 343 g/mol. The third-order valence-corrected chi connectivity index (χ3v) is 3.68. The minimum Gasteiger partial charge on any atom is -0.481 e. The van der Waals surface area contributed by atoms with Crippen LogP contribution in [0, 0.1) is 6.92 Å². The van der Waals surface area contributed by atoms with Gasteiger partial charge >= 0.3 is 0 Å². The third kappa shape index (κ3) is 5.34. The number of hydrogen-bond acceptors (Lipinski definition) is 5. The predicted octanol–water partition coefficient (Wildman–Crippen LogP) is 3.20. The molecule has 0 aliphatic carbocycles. The highest BCUT2D eigenvalue weighted by Crippen LogP contribution is 2.20. The van der Waals surface area contributed by atoms with Crippen molar-refractivity contribution in [3.63, 3.8) is 0 Å². The standard InChI is InChI=1S/C18H25N5O2/c1-5-6-7-13-8-9-14(12(2)10-13)20-17(19)23-18-21-15(24-3)11-16(22-18)25-4/h8-11H,5-7H2,1-4H3,(H3,19,20,21,22,23). The zero-order valence-electron chi connectivity index (χ0n) is 15.2. The van der Waals surface area contributed by atoms with Crippen LogP contribution in [0.4, 0.5) is 11.6 Å². The van der Waals surface area contributed by atoms with Crippen molar-refractivity contribution in [2.24, 2.45) is 10.7 Å². The molecular formula is C18H25N5O2. The van der Waals surface area contributed by atoms with Crippen molar-refractivity contribution in [2.45, 2.75) is 33.1 Å². The topological polar surface area (TPSA) is 94.7 Å². The molecule has 1 aromatic heterocycles. The van der Waals surface area contributed by atoms with Crippen LogP contribution < -0.4 is 20.5 Å². The van der Waals surface area contributed by atoms with Gasteiger partial charge in [-0.25, -0.2) is 0 Å². The Morgan fingerprint density at radius 1 is 1.16 bits per heavy atom. The summed E-state index contributed by atoms with van der Waals surface area (Å²) in [6.07, 6.45) is 3.45. The molecule has 0 bridgehead atoms. The number of guanidine groups is 1. The van der Waals surface area contributed by atoms with E-state index >= 15 is 0 Å². The number of aliphatic imine (C=N–C) groups is 1. The molecular weight excluding hydrogens is 318 g/mol. The van der Waals surface area contributed by atoms with Gasteiger partial charge in [-0.3, -0.25) is 0 Å². The molecule has 25 heavy (non-hydrogen) atoms. The third-order valence-electron chi connectivity index (χ3n) is 3.68. The molecule has 2 rings (SSSR count). The number of hydrogen-bond donors (Lipinski definition) is 2. The number of rotatable bonds is 7. The molecule has 0 saturated heterocycles. The second-order valence-electron chi connectivity index (χ2n) is 5.63. The molecule has 7 heteroatoms. The summed E-state index contributed by atoms with van der Waals surface area (Å²) in [6.45, 7) is 4.23. The first-order chi connectivity index (χ1) is 12.0. The fraction of sp³-hybridized carbons (Fsp3) is 0.389. The molecule has 1 heterocycles.